The van der Waals surface area contributed by atoms with Crippen molar-refractivity contribution >= 4 is 5.71 Å². The predicted molar refractivity (Wildman–Crippen MR) is 52.3 cm³/mol. The maximum Gasteiger partial charge on any atom is 0.0432 e. The Morgan fingerprint density at radius 3 is 3.08 bits per heavy atom. The minimum absolute atomic E-state index is 0.569. The molecule has 64 valence electrons. The van der Waals surface area contributed by atoms with Gasteiger partial charge in [-0.05, 0) is 37.2 Å². The summed E-state index contributed by atoms with van der Waals surface area (Å²) in [6.45, 7) is 2.22. The molecule has 1 heterocycles. The highest BCUT2D eigenvalue weighted by Crippen LogP contribution is 2.24. The second-order valence-electron chi connectivity index (χ2n) is 3.68. The van der Waals surface area contributed by atoms with Crippen LogP contribution in [-0.4, -0.2) is 5.71 Å². The molecule has 0 aromatic heterocycles. The third-order valence-electron chi connectivity index (χ3n) is 2.56. The summed E-state index contributed by atoms with van der Waals surface area (Å²) < 4.78 is 0. The van der Waals surface area contributed by atoms with Crippen molar-refractivity contribution in [3.05, 3.63) is 23.9 Å². The smallest absolute Gasteiger partial charge is 0.0432 e. The van der Waals surface area contributed by atoms with E-state index < -0.39 is 0 Å². The van der Waals surface area contributed by atoms with E-state index in [2.05, 4.69) is 24.1 Å². The highest BCUT2D eigenvalue weighted by molar-refractivity contribution is 6.01. The molecule has 0 N–H and O–H groups in total. The second kappa shape index (κ2) is 3.26. The summed E-state index contributed by atoms with van der Waals surface area (Å²) in [5, 5.41) is 0. The van der Waals surface area contributed by atoms with Crippen molar-refractivity contribution in [1.29, 1.82) is 0 Å². The summed E-state index contributed by atoms with van der Waals surface area (Å²) >= 11 is 0. The topological polar surface area (TPSA) is 12.4 Å². The molecular weight excluding hydrogens is 146 g/mol. The Labute approximate surface area is 73.9 Å². The van der Waals surface area contributed by atoms with E-state index in [0.717, 1.165) is 0 Å². The van der Waals surface area contributed by atoms with Crippen LogP contribution in [0.15, 0.2) is 28.9 Å². The lowest BCUT2D eigenvalue weighted by atomic mass is 9.91. The van der Waals surface area contributed by atoms with Gasteiger partial charge in [-0.1, -0.05) is 19.1 Å². The zero-order valence-corrected chi connectivity index (χ0v) is 7.59. The minimum Gasteiger partial charge on any atom is -0.261 e. The van der Waals surface area contributed by atoms with E-state index in [9.17, 15) is 0 Å². The summed E-state index contributed by atoms with van der Waals surface area (Å²) in [6.07, 6.45) is 11.6. The van der Waals surface area contributed by atoms with Gasteiger partial charge < -0.3 is 0 Å². The van der Waals surface area contributed by atoms with Crippen molar-refractivity contribution in [1.82, 2.24) is 0 Å². The first-order chi connectivity index (χ1) is 5.86. The maximum atomic E-state index is 4.46. The van der Waals surface area contributed by atoms with Crippen LogP contribution >= 0.6 is 0 Å². The van der Waals surface area contributed by atoms with Crippen molar-refractivity contribution in [2.75, 3.05) is 0 Å². The van der Waals surface area contributed by atoms with E-state index >= 15 is 0 Å². The molecule has 1 heteroatoms. The third kappa shape index (κ3) is 1.50. The first-order valence-corrected chi connectivity index (χ1v) is 4.80. The monoisotopic (exact) mass is 161 g/mol. The van der Waals surface area contributed by atoms with Crippen LogP contribution in [0.5, 0.6) is 0 Å². The van der Waals surface area contributed by atoms with Crippen LogP contribution in [-0.2, 0) is 0 Å². The lowest BCUT2D eigenvalue weighted by Crippen LogP contribution is -2.08. The van der Waals surface area contributed by atoms with Gasteiger partial charge in [-0.2, -0.15) is 0 Å². The van der Waals surface area contributed by atoms with Crippen molar-refractivity contribution < 1.29 is 0 Å². The molecular formula is C11H15N. The number of hydrogen-bond donors (Lipinski definition) is 0. The Morgan fingerprint density at radius 1 is 1.33 bits per heavy atom. The maximum absolute atomic E-state index is 4.46. The van der Waals surface area contributed by atoms with Gasteiger partial charge >= 0.3 is 0 Å². The van der Waals surface area contributed by atoms with Crippen molar-refractivity contribution in [3.8, 4) is 0 Å². The summed E-state index contributed by atoms with van der Waals surface area (Å²) in [7, 11) is 0. The molecule has 0 spiro atoms. The average molecular weight is 161 g/mol. The highest BCUT2D eigenvalue weighted by atomic mass is 14.7. The number of hydrogen-bond acceptors (Lipinski definition) is 1. The Bertz CT molecular complexity index is 258. The fourth-order valence-electron chi connectivity index (χ4n) is 1.88. The molecule has 1 saturated carbocycles. The van der Waals surface area contributed by atoms with Gasteiger partial charge in [0.1, 0.15) is 0 Å². The Kier molecular flexibility index (Phi) is 2.11. The standard InChI is InChI=1S/C11H15N/c1-9-6-7-12-11-5-3-2-4-10(11)8-9/h6-9H,2-5H2,1H3. The molecule has 0 bridgehead atoms. The molecule has 2 aliphatic rings. The largest absolute Gasteiger partial charge is 0.261 e. The number of aliphatic imine (C=N–C) groups is 1. The van der Waals surface area contributed by atoms with Crippen molar-refractivity contribution in [2.24, 2.45) is 10.9 Å². The van der Waals surface area contributed by atoms with E-state index in [1.165, 1.54) is 37.0 Å². The molecule has 0 aromatic rings. The molecule has 0 aromatic carbocycles. The minimum atomic E-state index is 0.569. The van der Waals surface area contributed by atoms with Crippen LogP contribution in [0.4, 0.5) is 0 Å². The Morgan fingerprint density at radius 2 is 2.17 bits per heavy atom. The van der Waals surface area contributed by atoms with Gasteiger partial charge in [-0.3, -0.25) is 4.99 Å². The number of rotatable bonds is 0. The average Bonchev–Trinajstić information content (AvgIpc) is 2.25. The fourth-order valence-corrected chi connectivity index (χ4v) is 1.88. The van der Waals surface area contributed by atoms with Gasteiger partial charge in [0.25, 0.3) is 0 Å². The predicted octanol–water partition coefficient (Wildman–Crippen LogP) is 3.09. The molecule has 0 radical (unpaired) electrons. The van der Waals surface area contributed by atoms with Crippen LogP contribution in [0.3, 0.4) is 0 Å². The zero-order chi connectivity index (χ0) is 8.39. The van der Waals surface area contributed by atoms with Crippen LogP contribution in [0.25, 0.3) is 0 Å². The van der Waals surface area contributed by atoms with Crippen LogP contribution in [0, 0.1) is 5.92 Å². The van der Waals surface area contributed by atoms with Gasteiger partial charge in [0.2, 0.25) is 0 Å². The van der Waals surface area contributed by atoms with E-state index in [4.69, 9.17) is 0 Å². The quantitative estimate of drug-likeness (QED) is 0.517. The second-order valence-corrected chi connectivity index (χ2v) is 3.68. The van der Waals surface area contributed by atoms with E-state index in [1.807, 2.05) is 6.20 Å². The normalized spacial score (nSPS) is 28.6. The van der Waals surface area contributed by atoms with Crippen LogP contribution < -0.4 is 0 Å². The molecule has 2 rings (SSSR count). The van der Waals surface area contributed by atoms with Crippen molar-refractivity contribution in [3.63, 3.8) is 0 Å². The van der Waals surface area contributed by atoms with E-state index in [0.29, 0.717) is 5.92 Å². The number of nitrogens with zero attached hydrogens (tertiary/aromatic N) is 1. The molecule has 0 amide bonds. The van der Waals surface area contributed by atoms with Gasteiger partial charge in [-0.15, -0.1) is 0 Å². The van der Waals surface area contributed by atoms with Gasteiger partial charge in [0.15, 0.2) is 0 Å². The molecule has 1 nitrogen and oxygen atoms in total. The number of allylic oxidation sites excluding steroid dienone is 3. The van der Waals surface area contributed by atoms with Gasteiger partial charge in [0.05, 0.1) is 0 Å². The third-order valence-corrected chi connectivity index (χ3v) is 2.56. The molecule has 1 atom stereocenters. The molecule has 1 aliphatic heterocycles. The zero-order valence-electron chi connectivity index (χ0n) is 7.59. The highest BCUT2D eigenvalue weighted by Gasteiger charge is 2.14. The SMILES string of the molecule is CC1C=CN=C2CCCCC2=C1. The summed E-state index contributed by atoms with van der Waals surface area (Å²) in [5.41, 5.74) is 2.83. The van der Waals surface area contributed by atoms with Crippen molar-refractivity contribution in [2.45, 2.75) is 32.6 Å². The molecule has 1 fully saturated rings. The lowest BCUT2D eigenvalue weighted by Gasteiger charge is -2.15. The molecule has 0 saturated heterocycles. The Balaban J connectivity index is 2.28. The van der Waals surface area contributed by atoms with E-state index in [1.54, 1.807) is 0 Å². The summed E-state index contributed by atoms with van der Waals surface area (Å²) in [5.74, 6) is 0.569. The first-order valence-electron chi connectivity index (χ1n) is 4.80. The van der Waals surface area contributed by atoms with Crippen LogP contribution in [0.1, 0.15) is 32.6 Å². The molecule has 12 heavy (non-hydrogen) atoms. The van der Waals surface area contributed by atoms with E-state index in [-0.39, 0.29) is 0 Å². The first kappa shape index (κ1) is 7.78. The summed E-state index contributed by atoms with van der Waals surface area (Å²) in [6, 6.07) is 0. The molecule has 1 unspecified atom stereocenters. The Hall–Kier alpha value is -0.850. The summed E-state index contributed by atoms with van der Waals surface area (Å²) in [4.78, 5) is 4.46. The lowest BCUT2D eigenvalue weighted by molar-refractivity contribution is 0.728. The van der Waals surface area contributed by atoms with Crippen LogP contribution in [0.2, 0.25) is 0 Å². The van der Waals surface area contributed by atoms with Gasteiger partial charge in [-0.25, -0.2) is 0 Å². The number of fused-ring (bicyclic) bond motifs is 1. The molecule has 1 aliphatic carbocycles. The fraction of sp³-hybridized carbons (Fsp3) is 0.545. The van der Waals surface area contributed by atoms with Gasteiger partial charge in [0, 0.05) is 11.9 Å².